The highest BCUT2D eigenvalue weighted by atomic mass is 32.2. The number of hydrogen-bond donors (Lipinski definition) is 2. The number of primary amides is 1. The number of carbonyl (C=O) groups excluding carboxylic acids is 1. The summed E-state index contributed by atoms with van der Waals surface area (Å²) in [5, 5.41) is 3.38. The number of anilines is 1. The number of nitrogens with one attached hydrogen (secondary N) is 1. The molecule has 0 unspecified atom stereocenters. The van der Waals surface area contributed by atoms with E-state index in [4.69, 9.17) is 10.5 Å². The Morgan fingerprint density at radius 2 is 1.90 bits per heavy atom. The van der Waals surface area contributed by atoms with Crippen molar-refractivity contribution in [3.05, 3.63) is 54.1 Å². The third kappa shape index (κ3) is 4.43. The van der Waals surface area contributed by atoms with Gasteiger partial charge in [-0.3, -0.25) is 4.79 Å². The van der Waals surface area contributed by atoms with Gasteiger partial charge in [-0.1, -0.05) is 30.3 Å². The summed E-state index contributed by atoms with van der Waals surface area (Å²) in [6.45, 7) is 0.651. The van der Waals surface area contributed by atoms with E-state index in [9.17, 15) is 4.79 Å². The third-order valence-corrected chi connectivity index (χ3v) is 4.01. The van der Waals surface area contributed by atoms with E-state index in [1.165, 1.54) is 11.8 Å². The van der Waals surface area contributed by atoms with E-state index in [1.807, 2.05) is 48.5 Å². The first kappa shape index (κ1) is 15.3. The Hall–Kier alpha value is -2.14. The van der Waals surface area contributed by atoms with Gasteiger partial charge in [0.1, 0.15) is 5.75 Å². The fourth-order valence-electron chi connectivity index (χ4n) is 1.93. The van der Waals surface area contributed by atoms with Gasteiger partial charge < -0.3 is 15.8 Å². The van der Waals surface area contributed by atoms with Crippen LogP contribution in [0.4, 0.5) is 5.69 Å². The van der Waals surface area contributed by atoms with E-state index in [0.29, 0.717) is 6.54 Å². The van der Waals surface area contributed by atoms with Crippen LogP contribution in [-0.2, 0) is 11.3 Å². The number of rotatable bonds is 7. The largest absolute Gasteiger partial charge is 0.496 e. The Balaban J connectivity index is 2.07. The van der Waals surface area contributed by atoms with Crippen LogP contribution in [0.15, 0.2) is 53.4 Å². The normalized spacial score (nSPS) is 10.1. The summed E-state index contributed by atoms with van der Waals surface area (Å²) in [5.74, 6) is 0.805. The standard InChI is InChI=1S/C16H18N2O2S/c1-20-14-8-4-2-6-12(14)10-18-13-7-3-5-9-15(13)21-11-16(17)19/h2-9,18H,10-11H2,1H3,(H2,17,19). The molecular weight excluding hydrogens is 284 g/mol. The number of ether oxygens (including phenoxy) is 1. The molecule has 3 N–H and O–H groups in total. The van der Waals surface area contributed by atoms with Crippen molar-refractivity contribution in [3.63, 3.8) is 0 Å². The van der Waals surface area contributed by atoms with Gasteiger partial charge in [0.15, 0.2) is 0 Å². The van der Waals surface area contributed by atoms with Crippen molar-refractivity contribution in [2.24, 2.45) is 5.73 Å². The minimum absolute atomic E-state index is 0.271. The summed E-state index contributed by atoms with van der Waals surface area (Å²) < 4.78 is 5.34. The number of benzene rings is 2. The van der Waals surface area contributed by atoms with Crippen LogP contribution in [0.2, 0.25) is 0 Å². The molecule has 1 amide bonds. The number of hydrogen-bond acceptors (Lipinski definition) is 4. The highest BCUT2D eigenvalue weighted by molar-refractivity contribution is 8.00. The van der Waals surface area contributed by atoms with Crippen molar-refractivity contribution in [3.8, 4) is 5.75 Å². The molecule has 0 saturated heterocycles. The minimum Gasteiger partial charge on any atom is -0.496 e. The zero-order valence-corrected chi connectivity index (χ0v) is 12.7. The lowest BCUT2D eigenvalue weighted by atomic mass is 10.2. The maximum atomic E-state index is 10.9. The Bertz CT molecular complexity index is 617. The molecule has 0 bridgehead atoms. The van der Waals surface area contributed by atoms with Gasteiger partial charge in [-0.05, 0) is 18.2 Å². The Labute approximate surface area is 128 Å². The van der Waals surface area contributed by atoms with Gasteiger partial charge in [-0.25, -0.2) is 0 Å². The fourth-order valence-corrected chi connectivity index (χ4v) is 2.70. The van der Waals surface area contributed by atoms with E-state index in [0.717, 1.165) is 21.9 Å². The number of methoxy groups -OCH3 is 1. The zero-order valence-electron chi connectivity index (χ0n) is 11.8. The van der Waals surface area contributed by atoms with Crippen LogP contribution >= 0.6 is 11.8 Å². The molecule has 0 spiro atoms. The smallest absolute Gasteiger partial charge is 0.227 e. The third-order valence-electron chi connectivity index (χ3n) is 2.92. The van der Waals surface area contributed by atoms with Crippen molar-refractivity contribution in [1.82, 2.24) is 0 Å². The van der Waals surface area contributed by atoms with E-state index in [-0.39, 0.29) is 11.7 Å². The molecule has 0 atom stereocenters. The monoisotopic (exact) mass is 302 g/mol. The molecule has 2 aromatic rings. The number of amides is 1. The summed E-state index contributed by atoms with van der Waals surface area (Å²) in [6.07, 6.45) is 0. The molecule has 5 heteroatoms. The van der Waals surface area contributed by atoms with Crippen molar-refractivity contribution in [2.45, 2.75) is 11.4 Å². The van der Waals surface area contributed by atoms with Crippen molar-refractivity contribution in [1.29, 1.82) is 0 Å². The minimum atomic E-state index is -0.320. The topological polar surface area (TPSA) is 64.3 Å². The van der Waals surface area contributed by atoms with Crippen LogP contribution in [0.1, 0.15) is 5.56 Å². The van der Waals surface area contributed by atoms with E-state index < -0.39 is 0 Å². The van der Waals surface area contributed by atoms with Gasteiger partial charge in [0, 0.05) is 22.7 Å². The summed E-state index contributed by atoms with van der Waals surface area (Å²) in [4.78, 5) is 11.9. The van der Waals surface area contributed by atoms with E-state index in [1.54, 1.807) is 7.11 Å². The number of nitrogens with two attached hydrogens (primary N) is 1. The SMILES string of the molecule is COc1ccccc1CNc1ccccc1SCC(N)=O. The predicted molar refractivity (Wildman–Crippen MR) is 86.7 cm³/mol. The molecule has 0 radical (unpaired) electrons. The number of carbonyl (C=O) groups is 1. The van der Waals surface area contributed by atoms with Crippen molar-refractivity contribution < 1.29 is 9.53 Å². The first-order valence-electron chi connectivity index (χ1n) is 6.56. The first-order chi connectivity index (χ1) is 10.2. The molecule has 0 aromatic heterocycles. The molecule has 0 heterocycles. The predicted octanol–water partition coefficient (Wildman–Crippen LogP) is 2.88. The number of thioether (sulfide) groups is 1. The lowest BCUT2D eigenvalue weighted by Gasteiger charge is -2.13. The highest BCUT2D eigenvalue weighted by Gasteiger charge is 2.06. The zero-order chi connectivity index (χ0) is 15.1. The Kier molecular flexibility index (Phi) is 5.51. The van der Waals surface area contributed by atoms with Crippen LogP contribution in [0.5, 0.6) is 5.75 Å². The Morgan fingerprint density at radius 1 is 1.19 bits per heavy atom. The first-order valence-corrected chi connectivity index (χ1v) is 7.55. The molecule has 110 valence electrons. The average molecular weight is 302 g/mol. The van der Waals surface area contributed by atoms with Gasteiger partial charge in [0.05, 0.1) is 12.9 Å². The summed E-state index contributed by atoms with van der Waals surface area (Å²) in [5.41, 5.74) is 7.26. The fraction of sp³-hybridized carbons (Fsp3) is 0.188. The van der Waals surface area contributed by atoms with E-state index in [2.05, 4.69) is 5.32 Å². The Morgan fingerprint density at radius 3 is 2.67 bits per heavy atom. The molecule has 0 aliphatic heterocycles. The highest BCUT2D eigenvalue weighted by Crippen LogP contribution is 2.28. The summed E-state index contributed by atoms with van der Waals surface area (Å²) in [6, 6.07) is 15.7. The number of para-hydroxylation sites is 2. The lowest BCUT2D eigenvalue weighted by molar-refractivity contribution is -0.115. The summed E-state index contributed by atoms with van der Waals surface area (Å²) in [7, 11) is 1.66. The molecule has 21 heavy (non-hydrogen) atoms. The molecule has 0 aliphatic rings. The molecule has 0 aliphatic carbocycles. The van der Waals surface area contributed by atoms with Crippen LogP contribution < -0.4 is 15.8 Å². The maximum absolute atomic E-state index is 10.9. The second-order valence-electron chi connectivity index (χ2n) is 4.42. The van der Waals surface area contributed by atoms with Crippen LogP contribution in [0.25, 0.3) is 0 Å². The summed E-state index contributed by atoms with van der Waals surface area (Å²) >= 11 is 1.43. The quantitative estimate of drug-likeness (QED) is 0.772. The molecule has 0 fully saturated rings. The molecule has 2 aromatic carbocycles. The maximum Gasteiger partial charge on any atom is 0.227 e. The molecular formula is C16H18N2O2S. The average Bonchev–Trinajstić information content (AvgIpc) is 2.51. The van der Waals surface area contributed by atoms with Crippen molar-refractivity contribution >= 4 is 23.4 Å². The van der Waals surface area contributed by atoms with Gasteiger partial charge in [0.2, 0.25) is 5.91 Å². The van der Waals surface area contributed by atoms with Crippen LogP contribution in [-0.4, -0.2) is 18.8 Å². The van der Waals surface area contributed by atoms with Crippen molar-refractivity contribution in [2.75, 3.05) is 18.2 Å². The second kappa shape index (κ2) is 7.59. The molecule has 2 rings (SSSR count). The van der Waals surface area contributed by atoms with Gasteiger partial charge in [0.25, 0.3) is 0 Å². The lowest BCUT2D eigenvalue weighted by Crippen LogP contribution is -2.13. The van der Waals surface area contributed by atoms with Crippen LogP contribution in [0.3, 0.4) is 0 Å². The van der Waals surface area contributed by atoms with Crippen LogP contribution in [0, 0.1) is 0 Å². The molecule has 0 saturated carbocycles. The van der Waals surface area contributed by atoms with Gasteiger partial charge in [-0.2, -0.15) is 0 Å². The van der Waals surface area contributed by atoms with Gasteiger partial charge in [-0.15, -0.1) is 11.8 Å². The second-order valence-corrected chi connectivity index (χ2v) is 5.43. The van der Waals surface area contributed by atoms with Gasteiger partial charge >= 0.3 is 0 Å². The van der Waals surface area contributed by atoms with E-state index >= 15 is 0 Å². The molecule has 4 nitrogen and oxygen atoms in total.